The van der Waals surface area contributed by atoms with Gasteiger partial charge in [-0.25, -0.2) is 0 Å². The first-order valence-electron chi connectivity index (χ1n) is 5.78. The van der Waals surface area contributed by atoms with E-state index in [1.807, 2.05) is 14.0 Å². The molecule has 0 amide bonds. The normalized spacial score (nSPS) is 10.6. The van der Waals surface area contributed by atoms with Gasteiger partial charge in [-0.1, -0.05) is 0 Å². The van der Waals surface area contributed by atoms with Gasteiger partial charge in [0.25, 0.3) is 0 Å². The van der Waals surface area contributed by atoms with Crippen molar-refractivity contribution < 1.29 is 14.2 Å². The van der Waals surface area contributed by atoms with Crippen LogP contribution >= 0.6 is 0 Å². The number of aryl methyl sites for hydroxylation is 1. The molecule has 0 bridgehead atoms. The smallest absolute Gasteiger partial charge is 0.234 e. The van der Waals surface area contributed by atoms with Crippen LogP contribution in [0.2, 0.25) is 0 Å². The van der Waals surface area contributed by atoms with Crippen molar-refractivity contribution in [1.29, 1.82) is 0 Å². The molecule has 0 saturated heterocycles. The van der Waals surface area contributed by atoms with Crippen LogP contribution in [0.1, 0.15) is 5.82 Å². The molecule has 0 aromatic carbocycles. The average molecular weight is 271 g/mol. The predicted octanol–water partition coefficient (Wildman–Crippen LogP) is 0.234. The Balaban J connectivity index is 2.99. The Hall–Kier alpha value is -1.51. The lowest BCUT2D eigenvalue weighted by atomic mass is 10.6. The monoisotopic (exact) mass is 271 g/mol. The quantitative estimate of drug-likeness (QED) is 0.622. The van der Waals surface area contributed by atoms with Gasteiger partial charge in [0.15, 0.2) is 0 Å². The summed E-state index contributed by atoms with van der Waals surface area (Å²) in [5, 5.41) is 0. The molecule has 1 heterocycles. The number of anilines is 2. The molecular formula is C11H21N5O3. The predicted molar refractivity (Wildman–Crippen MR) is 71.1 cm³/mol. The molecule has 8 nitrogen and oxygen atoms in total. The van der Waals surface area contributed by atoms with E-state index < -0.39 is 0 Å². The van der Waals surface area contributed by atoms with Crippen LogP contribution in [0.3, 0.4) is 0 Å². The Labute approximate surface area is 113 Å². The van der Waals surface area contributed by atoms with Crippen molar-refractivity contribution >= 4 is 11.9 Å². The van der Waals surface area contributed by atoms with Crippen LogP contribution in [0.25, 0.3) is 0 Å². The first-order chi connectivity index (χ1) is 9.12. The van der Waals surface area contributed by atoms with Crippen molar-refractivity contribution in [3.05, 3.63) is 5.82 Å². The van der Waals surface area contributed by atoms with E-state index in [-0.39, 0.29) is 0 Å². The molecule has 0 radical (unpaired) electrons. The molecule has 1 rings (SSSR count). The van der Waals surface area contributed by atoms with Gasteiger partial charge >= 0.3 is 0 Å². The van der Waals surface area contributed by atoms with Gasteiger partial charge in [-0.05, 0) is 6.92 Å². The van der Waals surface area contributed by atoms with Crippen molar-refractivity contribution in [2.24, 2.45) is 0 Å². The fourth-order valence-corrected chi connectivity index (χ4v) is 1.48. The zero-order chi connectivity index (χ0) is 14.3. The minimum atomic E-state index is 0.338. The molecule has 0 spiro atoms. The SMILES string of the molecule is COCN(C)c1nc(C)nc(N(COC)COC)n1. The minimum Gasteiger partial charge on any atom is -0.364 e. The van der Waals surface area contributed by atoms with E-state index in [2.05, 4.69) is 15.0 Å². The van der Waals surface area contributed by atoms with Gasteiger partial charge in [0.2, 0.25) is 11.9 Å². The van der Waals surface area contributed by atoms with Gasteiger partial charge in [-0.3, -0.25) is 4.90 Å². The van der Waals surface area contributed by atoms with Crippen molar-refractivity contribution in [2.45, 2.75) is 6.92 Å². The minimum absolute atomic E-state index is 0.338. The molecule has 0 aliphatic heterocycles. The van der Waals surface area contributed by atoms with Crippen LogP contribution < -0.4 is 9.80 Å². The van der Waals surface area contributed by atoms with E-state index in [0.29, 0.717) is 37.9 Å². The zero-order valence-electron chi connectivity index (χ0n) is 12.1. The van der Waals surface area contributed by atoms with Gasteiger partial charge in [-0.15, -0.1) is 0 Å². The molecule has 19 heavy (non-hydrogen) atoms. The summed E-state index contributed by atoms with van der Waals surface area (Å²) in [4.78, 5) is 16.5. The molecule has 0 fully saturated rings. The van der Waals surface area contributed by atoms with Crippen molar-refractivity contribution in [3.63, 3.8) is 0 Å². The summed E-state index contributed by atoms with van der Waals surface area (Å²) in [6, 6.07) is 0. The number of aromatic nitrogens is 3. The third kappa shape index (κ3) is 4.58. The second-order valence-corrected chi connectivity index (χ2v) is 3.97. The highest BCUT2D eigenvalue weighted by Crippen LogP contribution is 2.13. The number of nitrogens with zero attached hydrogens (tertiary/aromatic N) is 5. The molecule has 0 aliphatic carbocycles. The molecule has 0 saturated carbocycles. The maximum absolute atomic E-state index is 5.11. The molecule has 1 aromatic rings. The highest BCUT2D eigenvalue weighted by Gasteiger charge is 2.14. The Morgan fingerprint density at radius 2 is 1.37 bits per heavy atom. The van der Waals surface area contributed by atoms with Gasteiger partial charge in [0.05, 0.1) is 0 Å². The first kappa shape index (κ1) is 15.5. The molecule has 8 heteroatoms. The molecule has 0 atom stereocenters. The highest BCUT2D eigenvalue weighted by molar-refractivity contribution is 5.37. The number of ether oxygens (including phenoxy) is 3. The molecule has 0 unspecified atom stereocenters. The largest absolute Gasteiger partial charge is 0.364 e. The number of hydrogen-bond donors (Lipinski definition) is 0. The van der Waals surface area contributed by atoms with E-state index in [1.54, 1.807) is 31.1 Å². The maximum Gasteiger partial charge on any atom is 0.234 e. The number of hydrogen-bond acceptors (Lipinski definition) is 8. The third-order valence-corrected chi connectivity index (χ3v) is 2.24. The summed E-state index contributed by atoms with van der Waals surface area (Å²) >= 11 is 0. The van der Waals surface area contributed by atoms with Crippen LogP contribution in [0.5, 0.6) is 0 Å². The molecular weight excluding hydrogens is 250 g/mol. The molecule has 1 aromatic heterocycles. The number of methoxy groups -OCH3 is 3. The Bertz CT molecular complexity index is 385. The summed E-state index contributed by atoms with van der Waals surface area (Å²) in [7, 11) is 6.68. The first-order valence-corrected chi connectivity index (χ1v) is 5.78. The van der Waals surface area contributed by atoms with Gasteiger partial charge in [0.1, 0.15) is 26.0 Å². The van der Waals surface area contributed by atoms with Crippen molar-refractivity contribution in [2.75, 3.05) is 58.4 Å². The lowest BCUT2D eigenvalue weighted by molar-refractivity contribution is 0.138. The summed E-state index contributed by atoms with van der Waals surface area (Å²) in [6.07, 6.45) is 0. The lowest BCUT2D eigenvalue weighted by Gasteiger charge is -2.22. The Morgan fingerprint density at radius 3 is 1.89 bits per heavy atom. The number of rotatable bonds is 8. The van der Waals surface area contributed by atoms with E-state index in [9.17, 15) is 0 Å². The van der Waals surface area contributed by atoms with E-state index >= 15 is 0 Å². The van der Waals surface area contributed by atoms with Crippen LogP contribution in [0.4, 0.5) is 11.9 Å². The molecule has 0 aliphatic rings. The Kier molecular flexibility index (Phi) is 6.40. The second kappa shape index (κ2) is 7.82. The summed E-state index contributed by atoms with van der Waals surface area (Å²) in [6.45, 7) is 2.89. The van der Waals surface area contributed by atoms with E-state index in [4.69, 9.17) is 14.2 Å². The van der Waals surface area contributed by atoms with E-state index in [0.717, 1.165) is 0 Å². The van der Waals surface area contributed by atoms with Crippen LogP contribution in [-0.4, -0.2) is 63.5 Å². The summed E-state index contributed by atoms with van der Waals surface area (Å²) < 4.78 is 15.3. The van der Waals surface area contributed by atoms with Gasteiger partial charge in [-0.2, -0.15) is 15.0 Å². The lowest BCUT2D eigenvalue weighted by Crippen LogP contribution is -2.31. The highest BCUT2D eigenvalue weighted by atomic mass is 16.5. The van der Waals surface area contributed by atoms with Crippen LogP contribution in [-0.2, 0) is 14.2 Å². The third-order valence-electron chi connectivity index (χ3n) is 2.24. The average Bonchev–Trinajstić information content (AvgIpc) is 2.38. The molecule has 0 N–H and O–H groups in total. The fraction of sp³-hybridized carbons (Fsp3) is 0.727. The van der Waals surface area contributed by atoms with Crippen LogP contribution in [0, 0.1) is 6.92 Å². The van der Waals surface area contributed by atoms with Crippen molar-refractivity contribution in [1.82, 2.24) is 15.0 Å². The zero-order valence-corrected chi connectivity index (χ0v) is 12.1. The van der Waals surface area contributed by atoms with Crippen molar-refractivity contribution in [3.8, 4) is 0 Å². The van der Waals surface area contributed by atoms with E-state index in [1.165, 1.54) is 0 Å². The second-order valence-electron chi connectivity index (χ2n) is 3.97. The topological polar surface area (TPSA) is 72.8 Å². The standard InChI is InChI=1S/C11H21N5O3/c1-9-12-10(15(2)6-17-3)14-11(13-9)16(7-18-4)8-19-5/h6-8H2,1-5H3. The summed E-state index contributed by atoms with van der Waals surface area (Å²) in [5.41, 5.74) is 0. The fourth-order valence-electron chi connectivity index (χ4n) is 1.48. The van der Waals surface area contributed by atoms with Gasteiger partial charge in [0, 0.05) is 28.4 Å². The van der Waals surface area contributed by atoms with Gasteiger partial charge < -0.3 is 19.1 Å². The maximum atomic E-state index is 5.11. The Morgan fingerprint density at radius 1 is 0.842 bits per heavy atom. The molecule has 108 valence electrons. The van der Waals surface area contributed by atoms with Crippen LogP contribution in [0.15, 0.2) is 0 Å². The summed E-state index contributed by atoms with van der Waals surface area (Å²) in [5.74, 6) is 1.68.